The molecule has 1 aromatic heterocycles. The number of fused-ring (bicyclic) bond motifs is 1. The van der Waals surface area contributed by atoms with E-state index in [-0.39, 0.29) is 6.04 Å². The van der Waals surface area contributed by atoms with Gasteiger partial charge in [0.1, 0.15) is 0 Å². The third-order valence-corrected chi connectivity index (χ3v) is 3.72. The van der Waals surface area contributed by atoms with Crippen molar-refractivity contribution in [2.24, 2.45) is 17.1 Å². The molecule has 108 valence electrons. The molecule has 0 aliphatic rings. The number of rotatable bonds is 4. The molecule has 0 amide bonds. The van der Waals surface area contributed by atoms with Crippen LogP contribution in [0.25, 0.3) is 10.8 Å². The van der Waals surface area contributed by atoms with E-state index in [4.69, 9.17) is 5.73 Å². The quantitative estimate of drug-likeness (QED) is 0.874. The molecular formula is C18H26N2. The molecule has 0 saturated heterocycles. The topological polar surface area (TPSA) is 38.9 Å². The van der Waals surface area contributed by atoms with E-state index in [0.717, 1.165) is 6.42 Å². The normalized spacial score (nSPS) is 15.2. The Kier molecular flexibility index (Phi) is 4.44. The van der Waals surface area contributed by atoms with Gasteiger partial charge in [0.2, 0.25) is 0 Å². The molecular weight excluding hydrogens is 244 g/mol. The highest BCUT2D eigenvalue weighted by molar-refractivity contribution is 5.85. The van der Waals surface area contributed by atoms with Crippen LogP contribution in [-0.2, 0) is 0 Å². The standard InChI is InChI=1S/C18H26N2/c1-13(10-18(2,3)4)9-17(19)16-12-20-11-14-7-5-6-8-15(14)16/h5-8,11-13,17H,9-10,19H2,1-4H3. The van der Waals surface area contributed by atoms with Gasteiger partial charge in [-0.1, -0.05) is 52.0 Å². The third kappa shape index (κ3) is 3.80. The highest BCUT2D eigenvalue weighted by Crippen LogP contribution is 2.31. The lowest BCUT2D eigenvalue weighted by atomic mass is 9.82. The molecule has 2 unspecified atom stereocenters. The predicted molar refractivity (Wildman–Crippen MR) is 86.5 cm³/mol. The molecule has 0 radical (unpaired) electrons. The zero-order valence-electron chi connectivity index (χ0n) is 13.1. The fourth-order valence-electron chi connectivity index (χ4n) is 3.12. The van der Waals surface area contributed by atoms with Crippen LogP contribution in [0.1, 0.15) is 52.1 Å². The first-order valence-electron chi connectivity index (χ1n) is 7.45. The Bertz CT molecular complexity index is 564. The van der Waals surface area contributed by atoms with E-state index in [9.17, 15) is 0 Å². The van der Waals surface area contributed by atoms with Crippen molar-refractivity contribution in [3.8, 4) is 0 Å². The van der Waals surface area contributed by atoms with Crippen molar-refractivity contribution < 1.29 is 0 Å². The molecule has 0 aliphatic heterocycles. The van der Waals surface area contributed by atoms with Gasteiger partial charge in [0, 0.05) is 23.8 Å². The maximum absolute atomic E-state index is 6.44. The Hall–Kier alpha value is -1.41. The summed E-state index contributed by atoms with van der Waals surface area (Å²) >= 11 is 0. The van der Waals surface area contributed by atoms with Crippen LogP contribution >= 0.6 is 0 Å². The minimum Gasteiger partial charge on any atom is -0.324 e. The summed E-state index contributed by atoms with van der Waals surface area (Å²) < 4.78 is 0. The van der Waals surface area contributed by atoms with Gasteiger partial charge in [-0.2, -0.15) is 0 Å². The van der Waals surface area contributed by atoms with Gasteiger partial charge in [0.05, 0.1) is 0 Å². The number of hydrogen-bond acceptors (Lipinski definition) is 2. The second kappa shape index (κ2) is 5.92. The lowest BCUT2D eigenvalue weighted by Gasteiger charge is -2.25. The maximum atomic E-state index is 6.44. The van der Waals surface area contributed by atoms with Crippen LogP contribution in [0.4, 0.5) is 0 Å². The van der Waals surface area contributed by atoms with Crippen LogP contribution in [0.3, 0.4) is 0 Å². The van der Waals surface area contributed by atoms with Gasteiger partial charge in [-0.3, -0.25) is 4.98 Å². The molecule has 2 atom stereocenters. The van der Waals surface area contributed by atoms with E-state index < -0.39 is 0 Å². The summed E-state index contributed by atoms with van der Waals surface area (Å²) in [4.78, 5) is 4.34. The van der Waals surface area contributed by atoms with E-state index in [1.807, 2.05) is 18.5 Å². The average Bonchev–Trinajstić information content (AvgIpc) is 2.35. The van der Waals surface area contributed by atoms with Crippen LogP contribution < -0.4 is 5.73 Å². The van der Waals surface area contributed by atoms with Crippen molar-refractivity contribution in [1.29, 1.82) is 0 Å². The molecule has 2 nitrogen and oxygen atoms in total. The SMILES string of the molecule is CC(CC(N)c1cncc2ccccc12)CC(C)(C)C. The molecule has 20 heavy (non-hydrogen) atoms. The molecule has 0 bridgehead atoms. The van der Waals surface area contributed by atoms with Crippen molar-refractivity contribution >= 4 is 10.8 Å². The summed E-state index contributed by atoms with van der Waals surface area (Å²) in [5.41, 5.74) is 7.97. The first kappa shape index (κ1) is 15.0. The van der Waals surface area contributed by atoms with Gasteiger partial charge in [-0.15, -0.1) is 0 Å². The van der Waals surface area contributed by atoms with E-state index in [2.05, 4.69) is 50.9 Å². The van der Waals surface area contributed by atoms with Crippen LogP contribution in [0.15, 0.2) is 36.7 Å². The summed E-state index contributed by atoms with van der Waals surface area (Å²) in [6, 6.07) is 8.40. The third-order valence-electron chi connectivity index (χ3n) is 3.72. The second-order valence-corrected chi connectivity index (χ2v) is 7.16. The van der Waals surface area contributed by atoms with Crippen LogP contribution in [0.2, 0.25) is 0 Å². The summed E-state index contributed by atoms with van der Waals surface area (Å²) in [6.07, 6.45) is 6.03. The maximum Gasteiger partial charge on any atom is 0.0346 e. The second-order valence-electron chi connectivity index (χ2n) is 7.16. The van der Waals surface area contributed by atoms with Crippen LogP contribution in [0.5, 0.6) is 0 Å². The van der Waals surface area contributed by atoms with Crippen molar-refractivity contribution in [1.82, 2.24) is 4.98 Å². The Balaban J connectivity index is 2.17. The first-order chi connectivity index (χ1) is 9.37. The van der Waals surface area contributed by atoms with E-state index in [1.54, 1.807) is 0 Å². The first-order valence-corrected chi connectivity index (χ1v) is 7.45. The van der Waals surface area contributed by atoms with Gasteiger partial charge in [0.25, 0.3) is 0 Å². The minimum atomic E-state index is 0.0611. The van der Waals surface area contributed by atoms with Crippen LogP contribution in [0, 0.1) is 11.3 Å². The van der Waals surface area contributed by atoms with Gasteiger partial charge < -0.3 is 5.73 Å². The monoisotopic (exact) mass is 270 g/mol. The zero-order valence-corrected chi connectivity index (χ0v) is 13.1. The summed E-state index contributed by atoms with van der Waals surface area (Å²) in [6.45, 7) is 9.15. The fraction of sp³-hybridized carbons (Fsp3) is 0.500. The number of nitrogens with two attached hydrogens (primary N) is 1. The average molecular weight is 270 g/mol. The highest BCUT2D eigenvalue weighted by atomic mass is 14.7. The van der Waals surface area contributed by atoms with Gasteiger partial charge in [-0.25, -0.2) is 0 Å². The minimum absolute atomic E-state index is 0.0611. The van der Waals surface area contributed by atoms with E-state index >= 15 is 0 Å². The predicted octanol–water partition coefficient (Wildman–Crippen LogP) is 4.70. The van der Waals surface area contributed by atoms with Crippen LogP contribution in [-0.4, -0.2) is 4.98 Å². The summed E-state index contributed by atoms with van der Waals surface area (Å²) in [7, 11) is 0. The van der Waals surface area contributed by atoms with E-state index in [1.165, 1.54) is 22.8 Å². The molecule has 0 saturated carbocycles. The van der Waals surface area contributed by atoms with E-state index in [0.29, 0.717) is 11.3 Å². The summed E-state index contributed by atoms with van der Waals surface area (Å²) in [5, 5.41) is 2.40. The molecule has 2 N–H and O–H groups in total. The molecule has 2 aromatic rings. The van der Waals surface area contributed by atoms with Gasteiger partial charge in [0.15, 0.2) is 0 Å². The zero-order chi connectivity index (χ0) is 14.8. The Morgan fingerprint density at radius 2 is 1.85 bits per heavy atom. The molecule has 0 aliphatic carbocycles. The number of pyridine rings is 1. The lowest BCUT2D eigenvalue weighted by molar-refractivity contribution is 0.286. The molecule has 0 spiro atoms. The lowest BCUT2D eigenvalue weighted by Crippen LogP contribution is -2.18. The number of aromatic nitrogens is 1. The highest BCUT2D eigenvalue weighted by Gasteiger charge is 2.19. The van der Waals surface area contributed by atoms with Crippen molar-refractivity contribution in [2.45, 2.75) is 46.6 Å². The van der Waals surface area contributed by atoms with Crippen molar-refractivity contribution in [3.05, 3.63) is 42.2 Å². The largest absolute Gasteiger partial charge is 0.324 e. The van der Waals surface area contributed by atoms with Crippen molar-refractivity contribution in [2.75, 3.05) is 0 Å². The molecule has 2 rings (SSSR count). The fourth-order valence-corrected chi connectivity index (χ4v) is 3.12. The Morgan fingerprint density at radius 1 is 1.15 bits per heavy atom. The Labute approximate surface area is 122 Å². The van der Waals surface area contributed by atoms with Gasteiger partial charge >= 0.3 is 0 Å². The number of hydrogen-bond donors (Lipinski definition) is 1. The molecule has 0 fully saturated rings. The number of benzene rings is 1. The molecule has 1 aromatic carbocycles. The number of nitrogens with zero attached hydrogens (tertiary/aromatic N) is 1. The molecule has 1 heterocycles. The van der Waals surface area contributed by atoms with Gasteiger partial charge in [-0.05, 0) is 35.1 Å². The van der Waals surface area contributed by atoms with Crippen molar-refractivity contribution in [3.63, 3.8) is 0 Å². The smallest absolute Gasteiger partial charge is 0.0346 e. The Morgan fingerprint density at radius 3 is 2.55 bits per heavy atom. The summed E-state index contributed by atoms with van der Waals surface area (Å²) in [5.74, 6) is 0.615. The molecule has 2 heteroatoms.